The molecule has 0 aromatic heterocycles. The van der Waals surface area contributed by atoms with E-state index in [9.17, 15) is 9.90 Å². The number of esters is 1. The minimum Gasteiger partial charge on any atom is -0.469 e. The lowest BCUT2D eigenvalue weighted by atomic mass is 9.51. The van der Waals surface area contributed by atoms with Crippen molar-refractivity contribution in [2.24, 2.45) is 28.6 Å². The van der Waals surface area contributed by atoms with Crippen LogP contribution in [0.15, 0.2) is 11.6 Å². The number of aliphatic hydroxyl groups excluding tert-OH is 1. The normalized spacial score (nSPS) is 37.3. The lowest BCUT2D eigenvalue weighted by Gasteiger charge is -2.54. The highest BCUT2D eigenvalue weighted by Gasteiger charge is 2.49. The van der Waals surface area contributed by atoms with Crippen LogP contribution in [0.25, 0.3) is 0 Å². The topological polar surface area (TPSA) is 46.5 Å². The van der Waals surface area contributed by atoms with Gasteiger partial charge < -0.3 is 9.84 Å². The Morgan fingerprint density at radius 3 is 2.79 bits per heavy atom. The molecule has 2 aliphatic carbocycles. The molecule has 0 aromatic carbocycles. The molecular weight excluding hydrogens is 300 g/mol. The van der Waals surface area contributed by atoms with Gasteiger partial charge in [-0.2, -0.15) is 0 Å². The van der Waals surface area contributed by atoms with Gasteiger partial charge in [0.1, 0.15) is 0 Å². The fourth-order valence-corrected chi connectivity index (χ4v) is 5.03. The SMILES string of the molecule is COC(=O)C[C@H](C)CC[C@@]1(C)[C@@H]2CCC[C@@](C)(CO)C2=CC[C@@H]1C. The van der Waals surface area contributed by atoms with E-state index in [1.165, 1.54) is 25.5 Å². The zero-order valence-electron chi connectivity index (χ0n) is 16.2. The lowest BCUT2D eigenvalue weighted by molar-refractivity contribution is -0.141. The molecule has 2 aliphatic rings. The Bertz CT molecular complexity index is 483. The molecule has 0 aromatic rings. The highest BCUT2D eigenvalue weighted by molar-refractivity contribution is 5.69. The maximum absolute atomic E-state index is 11.5. The summed E-state index contributed by atoms with van der Waals surface area (Å²) < 4.78 is 4.81. The molecule has 24 heavy (non-hydrogen) atoms. The molecule has 0 spiro atoms. The van der Waals surface area contributed by atoms with Gasteiger partial charge in [-0.05, 0) is 55.3 Å². The van der Waals surface area contributed by atoms with Crippen LogP contribution >= 0.6 is 0 Å². The predicted octanol–water partition coefficient (Wildman–Crippen LogP) is 4.74. The Kier molecular flexibility index (Phi) is 6.17. The fraction of sp³-hybridized carbons (Fsp3) is 0.857. The number of allylic oxidation sites excluding steroid dienone is 1. The Morgan fingerprint density at radius 1 is 1.46 bits per heavy atom. The van der Waals surface area contributed by atoms with E-state index < -0.39 is 0 Å². The second-order valence-electron chi connectivity index (χ2n) is 8.89. The highest BCUT2D eigenvalue weighted by Crippen LogP contribution is 2.58. The summed E-state index contributed by atoms with van der Waals surface area (Å²) in [7, 11) is 1.47. The molecule has 0 aliphatic heterocycles. The van der Waals surface area contributed by atoms with Gasteiger partial charge in [0.05, 0.1) is 13.7 Å². The van der Waals surface area contributed by atoms with Gasteiger partial charge in [-0.25, -0.2) is 0 Å². The van der Waals surface area contributed by atoms with Crippen LogP contribution in [-0.2, 0) is 9.53 Å². The first-order chi connectivity index (χ1) is 11.3. The van der Waals surface area contributed by atoms with E-state index >= 15 is 0 Å². The molecule has 1 saturated carbocycles. The molecular formula is C21H36O3. The standard InChI is InChI=1S/C21H36O3/c1-15(13-19(23)24-5)10-12-21(4)16(2)8-9-17-18(21)7-6-11-20(17,3)14-22/h9,15-16,18,22H,6-8,10-14H2,1-5H3/t15-,16+,18-,20+,21-/m1/s1. The molecule has 1 fully saturated rings. The van der Waals surface area contributed by atoms with E-state index in [-0.39, 0.29) is 23.4 Å². The summed E-state index contributed by atoms with van der Waals surface area (Å²) in [4.78, 5) is 11.5. The molecule has 138 valence electrons. The third-order valence-corrected chi connectivity index (χ3v) is 7.17. The molecule has 0 radical (unpaired) electrons. The third kappa shape index (κ3) is 3.71. The number of rotatable bonds is 6. The van der Waals surface area contributed by atoms with Crippen LogP contribution in [0.3, 0.4) is 0 Å². The van der Waals surface area contributed by atoms with Crippen LogP contribution in [-0.4, -0.2) is 24.8 Å². The van der Waals surface area contributed by atoms with Crippen molar-refractivity contribution >= 4 is 5.97 Å². The molecule has 0 unspecified atom stereocenters. The van der Waals surface area contributed by atoms with Gasteiger partial charge in [0.15, 0.2) is 0 Å². The summed E-state index contributed by atoms with van der Waals surface area (Å²) in [6, 6.07) is 0. The zero-order chi connectivity index (χ0) is 18.0. The number of carbonyl (C=O) groups is 1. The van der Waals surface area contributed by atoms with Crippen LogP contribution in [0.5, 0.6) is 0 Å². The van der Waals surface area contributed by atoms with E-state index in [1.54, 1.807) is 0 Å². The summed E-state index contributed by atoms with van der Waals surface area (Å²) >= 11 is 0. The molecule has 0 amide bonds. The van der Waals surface area contributed by atoms with E-state index in [2.05, 4.69) is 33.8 Å². The van der Waals surface area contributed by atoms with E-state index in [0.29, 0.717) is 24.2 Å². The summed E-state index contributed by atoms with van der Waals surface area (Å²) in [5.74, 6) is 1.49. The van der Waals surface area contributed by atoms with Crippen molar-refractivity contribution in [1.82, 2.24) is 0 Å². The monoisotopic (exact) mass is 336 g/mol. The predicted molar refractivity (Wildman–Crippen MR) is 97.5 cm³/mol. The second-order valence-corrected chi connectivity index (χ2v) is 8.89. The van der Waals surface area contributed by atoms with Crippen molar-refractivity contribution in [1.29, 1.82) is 0 Å². The maximum atomic E-state index is 11.5. The van der Waals surface area contributed by atoms with Crippen molar-refractivity contribution in [3.8, 4) is 0 Å². The van der Waals surface area contributed by atoms with Crippen molar-refractivity contribution in [3.05, 3.63) is 11.6 Å². The van der Waals surface area contributed by atoms with Crippen LogP contribution in [0.4, 0.5) is 0 Å². The summed E-state index contributed by atoms with van der Waals surface area (Å²) in [5, 5.41) is 9.98. The zero-order valence-corrected chi connectivity index (χ0v) is 16.2. The molecule has 5 atom stereocenters. The second kappa shape index (κ2) is 7.59. The van der Waals surface area contributed by atoms with Crippen molar-refractivity contribution < 1.29 is 14.6 Å². The summed E-state index contributed by atoms with van der Waals surface area (Å²) in [5.41, 5.74) is 1.75. The largest absolute Gasteiger partial charge is 0.469 e. The smallest absolute Gasteiger partial charge is 0.305 e. The number of aliphatic hydroxyl groups is 1. The fourth-order valence-electron chi connectivity index (χ4n) is 5.03. The minimum absolute atomic E-state index is 0.0258. The molecule has 0 saturated heterocycles. The van der Waals surface area contributed by atoms with Gasteiger partial charge in [-0.15, -0.1) is 0 Å². The lowest BCUT2D eigenvalue weighted by Crippen LogP contribution is -2.45. The molecule has 0 heterocycles. The van der Waals surface area contributed by atoms with Crippen LogP contribution in [0.2, 0.25) is 0 Å². The third-order valence-electron chi connectivity index (χ3n) is 7.17. The number of methoxy groups -OCH3 is 1. The van der Waals surface area contributed by atoms with Gasteiger partial charge in [0.2, 0.25) is 0 Å². The average Bonchev–Trinajstić information content (AvgIpc) is 2.57. The van der Waals surface area contributed by atoms with Gasteiger partial charge >= 0.3 is 5.97 Å². The van der Waals surface area contributed by atoms with Gasteiger partial charge in [0.25, 0.3) is 0 Å². The Hall–Kier alpha value is -0.830. The van der Waals surface area contributed by atoms with Crippen LogP contribution in [0, 0.1) is 28.6 Å². The molecule has 0 bridgehead atoms. The number of hydrogen-bond acceptors (Lipinski definition) is 3. The van der Waals surface area contributed by atoms with E-state index in [4.69, 9.17) is 4.74 Å². The van der Waals surface area contributed by atoms with Gasteiger partial charge in [-0.3, -0.25) is 4.79 Å². The first kappa shape index (κ1) is 19.5. The number of fused-ring (bicyclic) bond motifs is 1. The molecule has 3 heteroatoms. The Morgan fingerprint density at radius 2 is 2.17 bits per heavy atom. The minimum atomic E-state index is -0.101. The summed E-state index contributed by atoms with van der Waals surface area (Å²) in [6.45, 7) is 9.48. The quantitative estimate of drug-likeness (QED) is 0.563. The number of ether oxygens (including phenoxy) is 1. The van der Waals surface area contributed by atoms with Gasteiger partial charge in [0, 0.05) is 11.8 Å². The van der Waals surface area contributed by atoms with Crippen molar-refractivity contribution in [2.45, 2.75) is 72.6 Å². The highest BCUT2D eigenvalue weighted by atomic mass is 16.5. The average molecular weight is 337 g/mol. The Labute approximate surface area is 147 Å². The molecule has 1 N–H and O–H groups in total. The van der Waals surface area contributed by atoms with Crippen LogP contribution < -0.4 is 0 Å². The maximum Gasteiger partial charge on any atom is 0.305 e. The van der Waals surface area contributed by atoms with Crippen LogP contribution in [0.1, 0.15) is 72.6 Å². The van der Waals surface area contributed by atoms with E-state index in [0.717, 1.165) is 25.7 Å². The summed E-state index contributed by atoms with van der Waals surface area (Å²) in [6.07, 6.45) is 9.84. The first-order valence-electron chi connectivity index (χ1n) is 9.65. The molecule has 2 rings (SSSR count). The Balaban J connectivity index is 2.12. The van der Waals surface area contributed by atoms with Crippen molar-refractivity contribution in [2.75, 3.05) is 13.7 Å². The van der Waals surface area contributed by atoms with Crippen molar-refractivity contribution in [3.63, 3.8) is 0 Å². The first-order valence-corrected chi connectivity index (χ1v) is 9.65. The number of hydrogen-bond donors (Lipinski definition) is 1. The van der Waals surface area contributed by atoms with E-state index in [1.807, 2.05) is 0 Å². The molecule has 3 nitrogen and oxygen atoms in total. The van der Waals surface area contributed by atoms with Gasteiger partial charge in [-0.1, -0.05) is 45.8 Å². The number of carbonyl (C=O) groups excluding carboxylic acids is 1.